The van der Waals surface area contributed by atoms with E-state index in [-0.39, 0.29) is 11.9 Å². The number of carbonyl (C=O) groups is 1. The predicted octanol–water partition coefficient (Wildman–Crippen LogP) is 0.750. The zero-order chi connectivity index (χ0) is 13.0. The van der Waals surface area contributed by atoms with Crippen molar-refractivity contribution in [3.05, 3.63) is 24.2 Å². The van der Waals surface area contributed by atoms with Crippen LogP contribution in [-0.2, 0) is 4.79 Å². The maximum absolute atomic E-state index is 11.9. The van der Waals surface area contributed by atoms with Crippen LogP contribution in [-0.4, -0.2) is 43.0 Å². The van der Waals surface area contributed by atoms with E-state index < -0.39 is 0 Å². The van der Waals surface area contributed by atoms with Gasteiger partial charge in [-0.3, -0.25) is 9.69 Å². The van der Waals surface area contributed by atoms with Crippen LogP contribution in [0.3, 0.4) is 0 Å². The second-order valence-electron chi connectivity index (χ2n) is 4.89. The summed E-state index contributed by atoms with van der Waals surface area (Å²) in [4.78, 5) is 14.1. The lowest BCUT2D eigenvalue weighted by Gasteiger charge is -2.31. The first-order valence-corrected chi connectivity index (χ1v) is 6.43. The first kappa shape index (κ1) is 13.1. The third-order valence-electron chi connectivity index (χ3n) is 3.17. The van der Waals surface area contributed by atoms with Crippen LogP contribution in [0.25, 0.3) is 0 Å². The van der Waals surface area contributed by atoms with Gasteiger partial charge in [-0.15, -0.1) is 0 Å². The highest BCUT2D eigenvalue weighted by Crippen LogP contribution is 2.11. The molecule has 1 fully saturated rings. The molecule has 1 aliphatic rings. The molecule has 2 heterocycles. The quantitative estimate of drug-likeness (QED) is 0.829. The van der Waals surface area contributed by atoms with E-state index >= 15 is 0 Å². The van der Waals surface area contributed by atoms with Crippen LogP contribution in [0.2, 0.25) is 0 Å². The summed E-state index contributed by atoms with van der Waals surface area (Å²) in [5.41, 5.74) is 0. The molecule has 18 heavy (non-hydrogen) atoms. The average Bonchev–Trinajstić information content (AvgIpc) is 2.81. The van der Waals surface area contributed by atoms with E-state index in [0.29, 0.717) is 12.6 Å². The Hall–Kier alpha value is -1.33. The molecule has 0 spiro atoms. The lowest BCUT2D eigenvalue weighted by atomic mass is 10.2. The van der Waals surface area contributed by atoms with E-state index in [0.717, 1.165) is 25.4 Å². The summed E-state index contributed by atoms with van der Waals surface area (Å²) in [6.45, 7) is 7.31. The molecule has 2 rings (SSSR count). The molecule has 1 aliphatic heterocycles. The summed E-state index contributed by atoms with van der Waals surface area (Å²) >= 11 is 0. The van der Waals surface area contributed by atoms with Crippen molar-refractivity contribution in [3.8, 4) is 0 Å². The minimum atomic E-state index is -0.0761. The van der Waals surface area contributed by atoms with E-state index in [2.05, 4.69) is 22.5 Å². The maximum Gasteiger partial charge on any atom is 0.234 e. The lowest BCUT2D eigenvalue weighted by Crippen LogP contribution is -2.51. The summed E-state index contributed by atoms with van der Waals surface area (Å²) in [7, 11) is 0. The van der Waals surface area contributed by atoms with Crippen LogP contribution < -0.4 is 10.6 Å². The number of nitrogens with zero attached hydrogens (tertiary/aromatic N) is 1. The zero-order valence-corrected chi connectivity index (χ0v) is 11.0. The molecule has 1 unspecified atom stereocenters. The summed E-state index contributed by atoms with van der Waals surface area (Å²) in [6.07, 6.45) is 1.62. The molecule has 0 bridgehead atoms. The normalized spacial score (nSPS) is 22.7. The van der Waals surface area contributed by atoms with Crippen molar-refractivity contribution in [1.82, 2.24) is 15.5 Å². The van der Waals surface area contributed by atoms with Gasteiger partial charge >= 0.3 is 0 Å². The highest BCUT2D eigenvalue weighted by Gasteiger charge is 2.19. The maximum atomic E-state index is 11.9. The standard InChI is InChI=1S/C13H21N3O2/c1-10-8-16(6-5-14-10)9-13(17)15-11(2)12-4-3-7-18-12/h3-4,7,10-11,14H,5-6,8-9H2,1-2H3,(H,15,17)/t10-,11?/m1/s1. The molecule has 100 valence electrons. The number of amides is 1. The van der Waals surface area contributed by atoms with Gasteiger partial charge in [0.2, 0.25) is 5.91 Å². The fourth-order valence-electron chi connectivity index (χ4n) is 2.25. The number of nitrogens with one attached hydrogen (secondary N) is 2. The van der Waals surface area contributed by atoms with Crippen molar-refractivity contribution in [2.75, 3.05) is 26.2 Å². The Morgan fingerprint density at radius 1 is 1.72 bits per heavy atom. The topological polar surface area (TPSA) is 57.5 Å². The van der Waals surface area contributed by atoms with Crippen molar-refractivity contribution in [3.63, 3.8) is 0 Å². The van der Waals surface area contributed by atoms with Crippen LogP contribution in [0.15, 0.2) is 22.8 Å². The number of furan rings is 1. The molecule has 2 N–H and O–H groups in total. The molecular formula is C13H21N3O2. The summed E-state index contributed by atoms with van der Waals surface area (Å²) in [5, 5.41) is 6.31. The number of carbonyl (C=O) groups excluding carboxylic acids is 1. The Morgan fingerprint density at radius 2 is 2.56 bits per heavy atom. The molecule has 1 aromatic heterocycles. The predicted molar refractivity (Wildman–Crippen MR) is 69.2 cm³/mol. The summed E-state index contributed by atoms with van der Waals surface area (Å²) in [5.74, 6) is 0.838. The van der Waals surface area contributed by atoms with Crippen LogP contribution >= 0.6 is 0 Å². The van der Waals surface area contributed by atoms with Crippen molar-refractivity contribution in [2.24, 2.45) is 0 Å². The summed E-state index contributed by atoms with van der Waals surface area (Å²) < 4.78 is 5.26. The Balaban J connectivity index is 1.78. The van der Waals surface area contributed by atoms with Crippen molar-refractivity contribution >= 4 is 5.91 Å². The average molecular weight is 251 g/mol. The van der Waals surface area contributed by atoms with E-state index in [1.807, 2.05) is 19.1 Å². The van der Waals surface area contributed by atoms with Crippen molar-refractivity contribution in [2.45, 2.75) is 25.9 Å². The fourth-order valence-corrected chi connectivity index (χ4v) is 2.25. The molecule has 1 amide bonds. The molecule has 1 aromatic rings. The molecule has 0 saturated carbocycles. The highest BCUT2D eigenvalue weighted by atomic mass is 16.3. The van der Waals surface area contributed by atoms with E-state index in [1.54, 1.807) is 6.26 Å². The third kappa shape index (κ3) is 3.58. The van der Waals surface area contributed by atoms with Crippen LogP contribution in [0.4, 0.5) is 0 Å². The van der Waals surface area contributed by atoms with Gasteiger partial charge in [0.15, 0.2) is 0 Å². The van der Waals surface area contributed by atoms with Gasteiger partial charge in [-0.2, -0.15) is 0 Å². The van der Waals surface area contributed by atoms with Gasteiger partial charge < -0.3 is 15.1 Å². The molecule has 2 atom stereocenters. The molecule has 0 radical (unpaired) electrons. The van der Waals surface area contributed by atoms with E-state index in [4.69, 9.17) is 4.42 Å². The van der Waals surface area contributed by atoms with Gasteiger partial charge in [-0.25, -0.2) is 0 Å². The smallest absolute Gasteiger partial charge is 0.234 e. The van der Waals surface area contributed by atoms with Crippen molar-refractivity contribution in [1.29, 1.82) is 0 Å². The van der Waals surface area contributed by atoms with Crippen molar-refractivity contribution < 1.29 is 9.21 Å². The molecular weight excluding hydrogens is 230 g/mol. The minimum absolute atomic E-state index is 0.0491. The van der Waals surface area contributed by atoms with Crippen LogP contribution in [0, 0.1) is 0 Å². The van der Waals surface area contributed by atoms with Gasteiger partial charge in [0.25, 0.3) is 0 Å². The minimum Gasteiger partial charge on any atom is -0.467 e. The van der Waals surface area contributed by atoms with E-state index in [9.17, 15) is 4.79 Å². The Kier molecular flexibility index (Phi) is 4.38. The molecule has 5 heteroatoms. The number of rotatable bonds is 4. The Bertz CT molecular complexity index is 378. The largest absolute Gasteiger partial charge is 0.467 e. The number of hydrogen-bond acceptors (Lipinski definition) is 4. The van der Waals surface area contributed by atoms with Gasteiger partial charge in [0.1, 0.15) is 5.76 Å². The van der Waals surface area contributed by atoms with Gasteiger partial charge in [-0.05, 0) is 26.0 Å². The van der Waals surface area contributed by atoms with E-state index in [1.165, 1.54) is 0 Å². The first-order chi connectivity index (χ1) is 8.65. The second kappa shape index (κ2) is 6.02. The fraction of sp³-hybridized carbons (Fsp3) is 0.615. The van der Waals surface area contributed by atoms with Crippen LogP contribution in [0.5, 0.6) is 0 Å². The second-order valence-corrected chi connectivity index (χ2v) is 4.89. The van der Waals surface area contributed by atoms with Gasteiger partial charge in [-0.1, -0.05) is 0 Å². The van der Waals surface area contributed by atoms with Crippen LogP contribution in [0.1, 0.15) is 25.6 Å². The highest BCUT2D eigenvalue weighted by molar-refractivity contribution is 5.78. The Morgan fingerprint density at radius 3 is 3.22 bits per heavy atom. The number of piperazine rings is 1. The lowest BCUT2D eigenvalue weighted by molar-refractivity contribution is -0.123. The molecule has 5 nitrogen and oxygen atoms in total. The zero-order valence-electron chi connectivity index (χ0n) is 11.0. The third-order valence-corrected chi connectivity index (χ3v) is 3.17. The SMILES string of the molecule is CC(NC(=O)CN1CCN[C@H](C)C1)c1ccco1. The Labute approximate surface area is 108 Å². The van der Waals surface area contributed by atoms with Gasteiger partial charge in [0.05, 0.1) is 18.8 Å². The van der Waals surface area contributed by atoms with Gasteiger partial charge in [0, 0.05) is 25.7 Å². The molecule has 1 saturated heterocycles. The number of hydrogen-bond donors (Lipinski definition) is 2. The first-order valence-electron chi connectivity index (χ1n) is 6.43. The molecule has 0 aliphatic carbocycles. The molecule has 0 aromatic carbocycles. The monoisotopic (exact) mass is 251 g/mol. The summed E-state index contributed by atoms with van der Waals surface area (Å²) in [6, 6.07) is 4.08.